The third-order valence-corrected chi connectivity index (χ3v) is 4.50. The molecule has 2 heterocycles. The molecule has 0 aromatic carbocycles. The zero-order chi connectivity index (χ0) is 15.4. The van der Waals surface area contributed by atoms with Crippen LogP contribution in [-0.4, -0.2) is 53.4 Å². The van der Waals surface area contributed by atoms with Crippen LogP contribution in [0.1, 0.15) is 42.2 Å². The first kappa shape index (κ1) is 16.2. The molecule has 0 aliphatic carbocycles. The molecule has 1 aromatic heterocycles. The molecular weight excluding hydrogens is 286 g/mol. The topological polar surface area (TPSA) is 36.4 Å². The zero-order valence-corrected chi connectivity index (χ0v) is 13.9. The Kier molecular flexibility index (Phi) is 5.59. The molecule has 116 valence electrons. The van der Waals surface area contributed by atoms with E-state index in [0.29, 0.717) is 16.6 Å². The van der Waals surface area contributed by atoms with Crippen molar-refractivity contribution < 1.29 is 4.79 Å². The van der Waals surface area contributed by atoms with Gasteiger partial charge in [0.15, 0.2) is 0 Å². The first-order chi connectivity index (χ1) is 10.0. The Morgan fingerprint density at radius 3 is 2.71 bits per heavy atom. The Morgan fingerprint density at radius 2 is 2.14 bits per heavy atom. The van der Waals surface area contributed by atoms with Crippen LogP contribution in [0.25, 0.3) is 0 Å². The summed E-state index contributed by atoms with van der Waals surface area (Å²) in [5, 5.41) is 0.489. The van der Waals surface area contributed by atoms with Crippen LogP contribution in [0.15, 0.2) is 12.3 Å². The number of pyridine rings is 1. The van der Waals surface area contributed by atoms with Crippen molar-refractivity contribution in [2.75, 3.05) is 26.7 Å². The molecule has 0 radical (unpaired) electrons. The average Bonchev–Trinajstić information content (AvgIpc) is 2.47. The number of piperidine rings is 1. The predicted octanol–water partition coefficient (Wildman–Crippen LogP) is 2.99. The number of likely N-dealkylation sites (tertiary alicyclic amines) is 1. The number of hydrogen-bond donors (Lipinski definition) is 0. The monoisotopic (exact) mass is 309 g/mol. The van der Waals surface area contributed by atoms with Crippen LogP contribution in [0.4, 0.5) is 0 Å². The second kappa shape index (κ2) is 7.23. The highest BCUT2D eigenvalue weighted by molar-refractivity contribution is 6.33. The standard InChI is InChI=1S/C16H24ClN3O/c1-4-7-20-8-5-13(6-9-20)19(3)16(21)14-11-18-12(2)10-15(14)17/h10-11,13H,4-9H2,1-3H3. The van der Waals surface area contributed by atoms with Crippen molar-refractivity contribution in [1.82, 2.24) is 14.8 Å². The van der Waals surface area contributed by atoms with Crippen LogP contribution in [-0.2, 0) is 0 Å². The molecule has 0 unspecified atom stereocenters. The van der Waals surface area contributed by atoms with Crippen molar-refractivity contribution in [1.29, 1.82) is 0 Å². The van der Waals surface area contributed by atoms with Gasteiger partial charge in [-0.25, -0.2) is 0 Å². The highest BCUT2D eigenvalue weighted by atomic mass is 35.5. The van der Waals surface area contributed by atoms with Gasteiger partial charge in [0, 0.05) is 38.1 Å². The van der Waals surface area contributed by atoms with Crippen molar-refractivity contribution in [3.63, 3.8) is 0 Å². The summed E-state index contributed by atoms with van der Waals surface area (Å²) < 4.78 is 0. The van der Waals surface area contributed by atoms with Crippen molar-refractivity contribution in [3.8, 4) is 0 Å². The zero-order valence-electron chi connectivity index (χ0n) is 13.1. The van der Waals surface area contributed by atoms with E-state index in [1.54, 1.807) is 12.3 Å². The molecule has 4 nitrogen and oxygen atoms in total. The van der Waals surface area contributed by atoms with E-state index in [0.717, 1.165) is 38.2 Å². The molecule has 0 saturated carbocycles. The van der Waals surface area contributed by atoms with Crippen molar-refractivity contribution in [3.05, 3.63) is 28.5 Å². The maximum Gasteiger partial charge on any atom is 0.256 e. The lowest BCUT2D eigenvalue weighted by atomic mass is 10.0. The lowest BCUT2D eigenvalue weighted by Gasteiger charge is -2.36. The summed E-state index contributed by atoms with van der Waals surface area (Å²) in [6.45, 7) is 7.35. The molecular formula is C16H24ClN3O. The van der Waals surface area contributed by atoms with Gasteiger partial charge in [-0.05, 0) is 38.8 Å². The number of aryl methyl sites for hydroxylation is 1. The fraction of sp³-hybridized carbons (Fsp3) is 0.625. The molecule has 5 heteroatoms. The number of carbonyl (C=O) groups excluding carboxylic acids is 1. The number of nitrogens with zero attached hydrogens (tertiary/aromatic N) is 3. The SMILES string of the molecule is CCCN1CCC(N(C)C(=O)c2cnc(C)cc2Cl)CC1. The van der Waals surface area contributed by atoms with Gasteiger partial charge >= 0.3 is 0 Å². The van der Waals surface area contributed by atoms with E-state index < -0.39 is 0 Å². The number of amides is 1. The van der Waals surface area contributed by atoms with E-state index in [2.05, 4.69) is 16.8 Å². The van der Waals surface area contributed by atoms with Crippen LogP contribution >= 0.6 is 11.6 Å². The first-order valence-corrected chi connectivity index (χ1v) is 8.02. The Morgan fingerprint density at radius 1 is 1.48 bits per heavy atom. The number of aromatic nitrogens is 1. The Balaban J connectivity index is 2.00. The Hall–Kier alpha value is -1.13. The number of carbonyl (C=O) groups is 1. The predicted molar refractivity (Wildman–Crippen MR) is 85.8 cm³/mol. The van der Waals surface area contributed by atoms with E-state index in [9.17, 15) is 4.79 Å². The first-order valence-electron chi connectivity index (χ1n) is 7.64. The smallest absolute Gasteiger partial charge is 0.256 e. The lowest BCUT2D eigenvalue weighted by Crippen LogP contribution is -2.45. The molecule has 1 amide bonds. The van der Waals surface area contributed by atoms with E-state index in [1.165, 1.54) is 6.42 Å². The van der Waals surface area contributed by atoms with Crippen LogP contribution in [0.2, 0.25) is 5.02 Å². The minimum absolute atomic E-state index is 0.0264. The molecule has 0 bridgehead atoms. The molecule has 0 atom stereocenters. The van der Waals surface area contributed by atoms with Crippen LogP contribution < -0.4 is 0 Å². The normalized spacial score (nSPS) is 17.0. The average molecular weight is 310 g/mol. The molecule has 1 saturated heterocycles. The highest BCUT2D eigenvalue weighted by Gasteiger charge is 2.26. The van der Waals surface area contributed by atoms with Gasteiger partial charge in [-0.1, -0.05) is 18.5 Å². The summed E-state index contributed by atoms with van der Waals surface area (Å²) in [6, 6.07) is 2.04. The minimum atomic E-state index is -0.0264. The number of rotatable bonds is 4. The van der Waals surface area contributed by atoms with Gasteiger partial charge < -0.3 is 9.80 Å². The van der Waals surface area contributed by atoms with Gasteiger partial charge in [0.1, 0.15) is 0 Å². The summed E-state index contributed by atoms with van der Waals surface area (Å²) in [4.78, 5) is 21.1. The van der Waals surface area contributed by atoms with E-state index in [4.69, 9.17) is 11.6 Å². The van der Waals surface area contributed by atoms with Crippen molar-refractivity contribution >= 4 is 17.5 Å². The quantitative estimate of drug-likeness (QED) is 0.858. The minimum Gasteiger partial charge on any atom is -0.339 e. The van der Waals surface area contributed by atoms with Crippen LogP contribution in [0.5, 0.6) is 0 Å². The Bertz CT molecular complexity index is 498. The maximum atomic E-state index is 12.6. The molecule has 1 aliphatic rings. The molecule has 1 fully saturated rings. The molecule has 0 spiro atoms. The van der Waals surface area contributed by atoms with Crippen molar-refractivity contribution in [2.24, 2.45) is 0 Å². The highest BCUT2D eigenvalue weighted by Crippen LogP contribution is 2.21. The molecule has 0 N–H and O–H groups in total. The van der Waals surface area contributed by atoms with E-state index in [1.807, 2.05) is 18.9 Å². The molecule has 21 heavy (non-hydrogen) atoms. The van der Waals surface area contributed by atoms with E-state index >= 15 is 0 Å². The van der Waals surface area contributed by atoms with Gasteiger partial charge in [0.25, 0.3) is 5.91 Å². The summed E-state index contributed by atoms with van der Waals surface area (Å²) in [5.41, 5.74) is 1.33. The maximum absolute atomic E-state index is 12.6. The molecule has 2 rings (SSSR count). The Labute approximate surface area is 132 Å². The fourth-order valence-corrected chi connectivity index (χ4v) is 3.17. The second-order valence-electron chi connectivity index (χ2n) is 5.79. The molecule has 1 aliphatic heterocycles. The van der Waals surface area contributed by atoms with Gasteiger partial charge in [0.05, 0.1) is 10.6 Å². The van der Waals surface area contributed by atoms with Gasteiger partial charge in [0.2, 0.25) is 0 Å². The van der Waals surface area contributed by atoms with Crippen molar-refractivity contribution in [2.45, 2.75) is 39.2 Å². The lowest BCUT2D eigenvalue weighted by molar-refractivity contribution is 0.0642. The number of hydrogen-bond acceptors (Lipinski definition) is 3. The van der Waals surface area contributed by atoms with Gasteiger partial charge in [-0.15, -0.1) is 0 Å². The summed E-state index contributed by atoms with van der Waals surface area (Å²) in [5.74, 6) is -0.0264. The second-order valence-corrected chi connectivity index (χ2v) is 6.20. The third-order valence-electron chi connectivity index (χ3n) is 4.19. The fourth-order valence-electron chi connectivity index (χ4n) is 2.89. The van der Waals surface area contributed by atoms with Crippen LogP contribution in [0, 0.1) is 6.92 Å². The van der Waals surface area contributed by atoms with Gasteiger partial charge in [-0.2, -0.15) is 0 Å². The summed E-state index contributed by atoms with van der Waals surface area (Å²) in [7, 11) is 1.87. The largest absolute Gasteiger partial charge is 0.339 e. The third kappa shape index (κ3) is 3.95. The van der Waals surface area contributed by atoms with Gasteiger partial charge in [-0.3, -0.25) is 9.78 Å². The van der Waals surface area contributed by atoms with Crippen LogP contribution in [0.3, 0.4) is 0 Å². The summed E-state index contributed by atoms with van der Waals surface area (Å²) in [6.07, 6.45) is 4.82. The number of halogens is 1. The summed E-state index contributed by atoms with van der Waals surface area (Å²) >= 11 is 6.18. The molecule has 1 aromatic rings. The van der Waals surface area contributed by atoms with E-state index in [-0.39, 0.29) is 5.91 Å².